The summed E-state index contributed by atoms with van der Waals surface area (Å²) in [6.45, 7) is 0.691. The van der Waals surface area contributed by atoms with Gasteiger partial charge in [-0.3, -0.25) is 24.5 Å². The zero-order valence-corrected chi connectivity index (χ0v) is 19.5. The van der Waals surface area contributed by atoms with Gasteiger partial charge in [0.05, 0.1) is 28.4 Å². The predicted octanol–water partition coefficient (Wildman–Crippen LogP) is 2.94. The number of anilines is 3. The van der Waals surface area contributed by atoms with Crippen LogP contribution in [0.4, 0.5) is 17.1 Å². The number of amides is 4. The zero-order chi connectivity index (χ0) is 26.1. The molecule has 2 heterocycles. The number of carboxylic acids is 1. The Morgan fingerprint density at radius 2 is 1.62 bits per heavy atom. The standard InChI is InChI=1S/C27H22N4O6/c32-23(30-24(33)22-7-4-10-28-22)16-11-18(29-17-5-2-1-3-6-17)14-19(12-16)31-25(34)20-9-8-15(27(36)37)13-21(20)26(31)35/h1-3,5-6,8-9,11-14,22,28-29H,4,7,10H2,(H,36,37)(H,30,32,33). The summed E-state index contributed by atoms with van der Waals surface area (Å²) in [5, 5.41) is 17.8. The van der Waals surface area contributed by atoms with Crippen molar-refractivity contribution in [3.63, 3.8) is 0 Å². The fraction of sp³-hybridized carbons (Fsp3) is 0.148. The van der Waals surface area contributed by atoms with E-state index in [1.807, 2.05) is 18.2 Å². The third-order valence-electron chi connectivity index (χ3n) is 6.25. The fourth-order valence-electron chi connectivity index (χ4n) is 4.42. The second-order valence-electron chi connectivity index (χ2n) is 8.74. The molecular weight excluding hydrogens is 476 g/mol. The Balaban J connectivity index is 1.51. The SMILES string of the molecule is O=C(O)c1ccc2c(c1)C(=O)N(c1cc(Nc3ccccc3)cc(C(=O)NC(=O)C3CCCN3)c1)C2=O. The lowest BCUT2D eigenvalue weighted by molar-refractivity contribution is -0.121. The lowest BCUT2D eigenvalue weighted by Gasteiger charge is -2.18. The molecule has 1 saturated heterocycles. The number of carbonyl (C=O) groups is 5. The first-order chi connectivity index (χ1) is 17.8. The number of carbonyl (C=O) groups excluding carboxylic acids is 4. The predicted molar refractivity (Wildman–Crippen MR) is 134 cm³/mol. The number of nitrogens with one attached hydrogen (secondary N) is 3. The summed E-state index contributed by atoms with van der Waals surface area (Å²) in [7, 11) is 0. The number of hydrogen-bond donors (Lipinski definition) is 4. The van der Waals surface area contributed by atoms with Crippen molar-refractivity contribution in [2.45, 2.75) is 18.9 Å². The van der Waals surface area contributed by atoms with E-state index in [0.717, 1.165) is 17.4 Å². The molecule has 0 aliphatic carbocycles. The molecule has 5 rings (SSSR count). The molecule has 2 aliphatic rings. The van der Waals surface area contributed by atoms with Crippen LogP contribution in [-0.2, 0) is 4.79 Å². The molecule has 0 spiro atoms. The van der Waals surface area contributed by atoms with Crippen LogP contribution in [0, 0.1) is 0 Å². The lowest BCUT2D eigenvalue weighted by atomic mass is 10.1. The van der Waals surface area contributed by atoms with E-state index in [4.69, 9.17) is 0 Å². The van der Waals surface area contributed by atoms with Gasteiger partial charge in [-0.15, -0.1) is 0 Å². The molecular formula is C27H22N4O6. The molecule has 10 nitrogen and oxygen atoms in total. The quantitative estimate of drug-likeness (QED) is 0.380. The molecule has 0 bridgehead atoms. The van der Waals surface area contributed by atoms with E-state index < -0.39 is 35.6 Å². The zero-order valence-electron chi connectivity index (χ0n) is 19.5. The summed E-state index contributed by atoms with van der Waals surface area (Å²) >= 11 is 0. The van der Waals surface area contributed by atoms with Gasteiger partial charge >= 0.3 is 5.97 Å². The van der Waals surface area contributed by atoms with Crippen LogP contribution < -0.4 is 20.9 Å². The second-order valence-corrected chi connectivity index (χ2v) is 8.74. The van der Waals surface area contributed by atoms with Crippen LogP contribution in [-0.4, -0.2) is 47.3 Å². The number of rotatable bonds is 6. The van der Waals surface area contributed by atoms with Crippen molar-refractivity contribution in [3.8, 4) is 0 Å². The lowest BCUT2D eigenvalue weighted by Crippen LogP contribution is -2.43. The van der Waals surface area contributed by atoms with Crippen molar-refractivity contribution >= 4 is 46.7 Å². The highest BCUT2D eigenvalue weighted by Gasteiger charge is 2.38. The molecule has 0 saturated carbocycles. The number of hydrogen-bond acceptors (Lipinski definition) is 7. The summed E-state index contributed by atoms with van der Waals surface area (Å²) in [6.07, 6.45) is 1.45. The van der Waals surface area contributed by atoms with Gasteiger partial charge in [0.1, 0.15) is 0 Å². The van der Waals surface area contributed by atoms with Crippen LogP contribution in [0.1, 0.15) is 54.3 Å². The normalized spacial score (nSPS) is 16.4. The van der Waals surface area contributed by atoms with Gasteiger partial charge in [0.2, 0.25) is 5.91 Å². The number of fused-ring (bicyclic) bond motifs is 1. The Morgan fingerprint density at radius 3 is 2.32 bits per heavy atom. The third kappa shape index (κ3) is 4.69. The topological polar surface area (TPSA) is 145 Å². The van der Waals surface area contributed by atoms with Crippen molar-refractivity contribution in [2.24, 2.45) is 0 Å². The van der Waals surface area contributed by atoms with E-state index in [1.54, 1.807) is 12.1 Å². The minimum atomic E-state index is -1.23. The summed E-state index contributed by atoms with van der Waals surface area (Å²) < 4.78 is 0. The number of para-hydroxylation sites is 1. The smallest absolute Gasteiger partial charge is 0.335 e. The first-order valence-corrected chi connectivity index (χ1v) is 11.6. The van der Waals surface area contributed by atoms with E-state index in [-0.39, 0.29) is 27.9 Å². The van der Waals surface area contributed by atoms with Crippen molar-refractivity contribution in [1.29, 1.82) is 0 Å². The minimum absolute atomic E-state index is 0.0418. The largest absolute Gasteiger partial charge is 0.478 e. The molecule has 1 unspecified atom stereocenters. The van der Waals surface area contributed by atoms with Crippen LogP contribution in [0.25, 0.3) is 0 Å². The number of benzene rings is 3. The Labute approximate surface area is 211 Å². The van der Waals surface area contributed by atoms with Crippen LogP contribution in [0.2, 0.25) is 0 Å². The van der Waals surface area contributed by atoms with Crippen molar-refractivity contribution in [3.05, 3.63) is 89.0 Å². The maximum Gasteiger partial charge on any atom is 0.335 e. The van der Waals surface area contributed by atoms with Crippen molar-refractivity contribution in [1.82, 2.24) is 10.6 Å². The molecule has 2 aliphatic heterocycles. The molecule has 186 valence electrons. The average Bonchev–Trinajstić information content (AvgIpc) is 3.51. The highest BCUT2D eigenvalue weighted by atomic mass is 16.4. The van der Waals surface area contributed by atoms with E-state index in [2.05, 4.69) is 16.0 Å². The van der Waals surface area contributed by atoms with Gasteiger partial charge < -0.3 is 15.7 Å². The van der Waals surface area contributed by atoms with Gasteiger partial charge in [-0.1, -0.05) is 18.2 Å². The number of aromatic carboxylic acids is 1. The molecule has 0 radical (unpaired) electrons. The van der Waals surface area contributed by atoms with Gasteiger partial charge in [-0.05, 0) is 67.9 Å². The first kappa shape index (κ1) is 23.9. The molecule has 4 N–H and O–H groups in total. The Kier molecular flexibility index (Phi) is 6.24. The highest BCUT2D eigenvalue weighted by Crippen LogP contribution is 2.32. The molecule has 1 fully saturated rings. The molecule has 4 amide bonds. The summed E-state index contributed by atoms with van der Waals surface area (Å²) in [6, 6.07) is 16.7. The monoisotopic (exact) mass is 498 g/mol. The third-order valence-corrected chi connectivity index (χ3v) is 6.25. The van der Waals surface area contributed by atoms with Crippen LogP contribution >= 0.6 is 0 Å². The van der Waals surface area contributed by atoms with Gasteiger partial charge in [-0.25, -0.2) is 9.69 Å². The molecule has 10 heteroatoms. The highest BCUT2D eigenvalue weighted by molar-refractivity contribution is 6.35. The maximum atomic E-state index is 13.2. The Morgan fingerprint density at radius 1 is 0.865 bits per heavy atom. The summed E-state index contributed by atoms with van der Waals surface area (Å²) in [5.41, 5.74) is 1.16. The van der Waals surface area contributed by atoms with Crippen LogP contribution in [0.3, 0.4) is 0 Å². The van der Waals surface area contributed by atoms with E-state index >= 15 is 0 Å². The van der Waals surface area contributed by atoms with Crippen molar-refractivity contribution < 1.29 is 29.1 Å². The Hall–Kier alpha value is -4.83. The van der Waals surface area contributed by atoms with E-state index in [0.29, 0.717) is 24.3 Å². The van der Waals surface area contributed by atoms with Gasteiger partial charge in [0.25, 0.3) is 17.7 Å². The average molecular weight is 498 g/mol. The van der Waals surface area contributed by atoms with Crippen molar-refractivity contribution in [2.75, 3.05) is 16.8 Å². The first-order valence-electron chi connectivity index (χ1n) is 11.6. The van der Waals surface area contributed by atoms with E-state index in [1.165, 1.54) is 30.3 Å². The Bertz CT molecular complexity index is 1450. The summed E-state index contributed by atoms with van der Waals surface area (Å²) in [5.74, 6) is -3.71. The summed E-state index contributed by atoms with van der Waals surface area (Å²) in [4.78, 5) is 64.2. The molecule has 37 heavy (non-hydrogen) atoms. The molecule has 1 atom stereocenters. The van der Waals surface area contributed by atoms with Crippen LogP contribution in [0.15, 0.2) is 66.7 Å². The van der Waals surface area contributed by atoms with Gasteiger partial charge in [-0.2, -0.15) is 0 Å². The van der Waals surface area contributed by atoms with Gasteiger partial charge in [0.15, 0.2) is 0 Å². The molecule has 3 aromatic carbocycles. The number of imide groups is 2. The number of carboxylic acid groups (broad SMARTS) is 1. The second kappa shape index (κ2) is 9.67. The minimum Gasteiger partial charge on any atom is -0.478 e. The van der Waals surface area contributed by atoms with E-state index in [9.17, 15) is 29.1 Å². The fourth-order valence-corrected chi connectivity index (χ4v) is 4.42. The van der Waals surface area contributed by atoms with Gasteiger partial charge in [0, 0.05) is 16.9 Å². The maximum absolute atomic E-state index is 13.2. The van der Waals surface area contributed by atoms with Crippen LogP contribution in [0.5, 0.6) is 0 Å². The molecule has 0 aromatic heterocycles. The number of nitrogens with zero attached hydrogens (tertiary/aromatic N) is 1. The molecule has 3 aromatic rings.